The number of carbonyl (C=O) groups excluding carboxylic acids is 1. The van der Waals surface area contributed by atoms with Gasteiger partial charge in [-0.05, 0) is 81.4 Å². The molecule has 0 atom stereocenters. The highest BCUT2D eigenvalue weighted by molar-refractivity contribution is 9.10. The third-order valence-electron chi connectivity index (χ3n) is 6.45. The number of aromatic nitrogens is 2. The van der Waals surface area contributed by atoms with Crippen molar-refractivity contribution in [2.24, 2.45) is 0 Å². The zero-order chi connectivity index (χ0) is 27.9. The van der Waals surface area contributed by atoms with Crippen molar-refractivity contribution in [3.05, 3.63) is 57.3 Å². The smallest absolute Gasteiger partial charge is 0.408 e. The first-order chi connectivity index (χ1) is 17.7. The number of rotatable bonds is 6. The molecule has 0 unspecified atom stereocenters. The van der Waals surface area contributed by atoms with Crippen molar-refractivity contribution in [3.8, 4) is 0 Å². The van der Waals surface area contributed by atoms with Gasteiger partial charge in [-0.25, -0.2) is 22.2 Å². The number of pyridine rings is 1. The van der Waals surface area contributed by atoms with Crippen LogP contribution in [0.1, 0.15) is 53.4 Å². The molecule has 1 amide bonds. The highest BCUT2D eigenvalue weighted by Crippen LogP contribution is 2.40. The van der Waals surface area contributed by atoms with Crippen LogP contribution in [0.25, 0.3) is 11.0 Å². The van der Waals surface area contributed by atoms with Crippen LogP contribution in [0.5, 0.6) is 0 Å². The molecule has 1 saturated carbocycles. The molecule has 2 aromatic heterocycles. The van der Waals surface area contributed by atoms with Gasteiger partial charge in [0.15, 0.2) is 5.65 Å². The zero-order valence-electron chi connectivity index (χ0n) is 21.5. The second kappa shape index (κ2) is 10.2. The van der Waals surface area contributed by atoms with Crippen LogP contribution in [-0.2, 0) is 14.8 Å². The molecular formula is C25H30BrN5O6S. The summed E-state index contributed by atoms with van der Waals surface area (Å²) < 4.78 is 33.4. The number of anilines is 1. The molecule has 11 nitrogen and oxygen atoms in total. The number of nitrogens with zero attached hydrogens (tertiary/aromatic N) is 3. The fraction of sp³-hybridized carbons (Fsp3) is 0.440. The van der Waals surface area contributed by atoms with Crippen LogP contribution >= 0.6 is 15.9 Å². The minimum atomic E-state index is -3.99. The van der Waals surface area contributed by atoms with Gasteiger partial charge in [0.25, 0.3) is 10.0 Å². The largest absolute Gasteiger partial charge is 0.444 e. The first kappa shape index (κ1) is 27.8. The lowest BCUT2D eigenvalue weighted by Gasteiger charge is -2.38. The van der Waals surface area contributed by atoms with Crippen LogP contribution in [0, 0.1) is 10.1 Å². The summed E-state index contributed by atoms with van der Waals surface area (Å²) in [6, 6.07) is 7.76. The van der Waals surface area contributed by atoms with Crippen molar-refractivity contribution in [1.82, 2.24) is 14.3 Å². The first-order valence-corrected chi connectivity index (χ1v) is 14.4. The number of fused-ring (bicyclic) bond motifs is 1. The van der Waals surface area contributed by atoms with E-state index in [9.17, 15) is 23.3 Å². The summed E-state index contributed by atoms with van der Waals surface area (Å²) in [4.78, 5) is 27.9. The Labute approximate surface area is 229 Å². The average Bonchev–Trinajstić information content (AvgIpc) is 3.17. The zero-order valence-corrected chi connectivity index (χ0v) is 23.9. The first-order valence-electron chi connectivity index (χ1n) is 12.1. The standard InChI is InChI=1S/C25H30BrN5O6S/c1-24(2,3)37-23(32)29-25(4)12-10-16(11-13-25)28-21-19(31(33)34)14-27-22-20(21)18(26)15-30(22)38(35,36)17-8-6-5-7-9-17/h5-9,14-16H,10-13H2,1-4H3,(H,27,28)(H,29,32). The molecule has 1 fully saturated rings. The molecule has 13 heteroatoms. The molecular weight excluding hydrogens is 578 g/mol. The van der Waals surface area contributed by atoms with Crippen molar-refractivity contribution >= 4 is 54.5 Å². The Kier molecular flexibility index (Phi) is 7.45. The molecule has 3 aromatic rings. The highest BCUT2D eigenvalue weighted by Gasteiger charge is 2.35. The summed E-state index contributed by atoms with van der Waals surface area (Å²) >= 11 is 3.40. The monoisotopic (exact) mass is 607 g/mol. The SMILES string of the molecule is CC1(NC(=O)OC(C)(C)C)CCC(Nc2c([N+](=O)[O-])cnc3c2c(Br)cn3S(=O)(=O)c2ccccc2)CC1. The molecule has 1 aliphatic rings. The van der Waals surface area contributed by atoms with Crippen LogP contribution in [0.3, 0.4) is 0 Å². The van der Waals surface area contributed by atoms with Gasteiger partial charge in [-0.15, -0.1) is 0 Å². The molecule has 0 saturated heterocycles. The maximum absolute atomic E-state index is 13.3. The molecule has 0 radical (unpaired) electrons. The lowest BCUT2D eigenvalue weighted by Crippen LogP contribution is -2.51. The minimum Gasteiger partial charge on any atom is -0.444 e. The van der Waals surface area contributed by atoms with Gasteiger partial charge >= 0.3 is 11.8 Å². The van der Waals surface area contributed by atoms with Crippen molar-refractivity contribution in [2.75, 3.05) is 5.32 Å². The van der Waals surface area contributed by atoms with Crippen LogP contribution < -0.4 is 10.6 Å². The van der Waals surface area contributed by atoms with E-state index in [2.05, 4.69) is 31.5 Å². The van der Waals surface area contributed by atoms with Gasteiger partial charge in [0, 0.05) is 22.3 Å². The molecule has 38 heavy (non-hydrogen) atoms. The average molecular weight is 609 g/mol. The number of carbonyl (C=O) groups is 1. The molecule has 4 rings (SSSR count). The summed E-state index contributed by atoms with van der Waals surface area (Å²) in [5.74, 6) is 0. The summed E-state index contributed by atoms with van der Waals surface area (Å²) in [5, 5.41) is 18.5. The van der Waals surface area contributed by atoms with Gasteiger partial charge < -0.3 is 15.4 Å². The Morgan fingerprint density at radius 2 is 1.87 bits per heavy atom. The van der Waals surface area contributed by atoms with Gasteiger partial charge in [0.2, 0.25) is 0 Å². The van der Waals surface area contributed by atoms with E-state index in [0.29, 0.717) is 35.5 Å². The fourth-order valence-corrected chi connectivity index (χ4v) is 6.62. The van der Waals surface area contributed by atoms with E-state index in [4.69, 9.17) is 4.74 Å². The normalized spacial score (nSPS) is 20.2. The number of hydrogen-bond acceptors (Lipinski definition) is 8. The Morgan fingerprint density at radius 3 is 2.45 bits per heavy atom. The van der Waals surface area contributed by atoms with Crippen LogP contribution in [-0.4, -0.2) is 45.6 Å². The third kappa shape index (κ3) is 5.78. The fourth-order valence-electron chi connectivity index (χ4n) is 4.57. The molecule has 0 aliphatic heterocycles. The summed E-state index contributed by atoms with van der Waals surface area (Å²) in [6.45, 7) is 7.35. The molecule has 1 aliphatic carbocycles. The van der Waals surface area contributed by atoms with E-state index in [1.54, 1.807) is 39.0 Å². The Hall–Kier alpha value is -3.19. The molecule has 2 heterocycles. The molecule has 2 N–H and O–H groups in total. The lowest BCUT2D eigenvalue weighted by atomic mass is 9.80. The lowest BCUT2D eigenvalue weighted by molar-refractivity contribution is -0.384. The van der Waals surface area contributed by atoms with E-state index in [0.717, 1.165) is 10.2 Å². The third-order valence-corrected chi connectivity index (χ3v) is 8.72. The molecule has 0 bridgehead atoms. The number of alkyl carbamates (subject to hydrolysis) is 1. The van der Waals surface area contributed by atoms with E-state index >= 15 is 0 Å². The van der Waals surface area contributed by atoms with Crippen molar-refractivity contribution in [1.29, 1.82) is 0 Å². The van der Waals surface area contributed by atoms with Crippen LogP contribution in [0.15, 0.2) is 52.1 Å². The number of benzene rings is 1. The number of amides is 1. The predicted molar refractivity (Wildman–Crippen MR) is 147 cm³/mol. The second-order valence-electron chi connectivity index (χ2n) is 10.7. The quantitative estimate of drug-likeness (QED) is 0.273. The van der Waals surface area contributed by atoms with Crippen molar-refractivity contribution in [2.45, 2.75) is 75.5 Å². The number of nitrogens with one attached hydrogen (secondary N) is 2. The van der Waals surface area contributed by atoms with E-state index in [-0.39, 0.29) is 28.0 Å². The van der Waals surface area contributed by atoms with Crippen LogP contribution in [0.2, 0.25) is 0 Å². The summed E-state index contributed by atoms with van der Waals surface area (Å²) in [5.41, 5.74) is -1.08. The van der Waals surface area contributed by atoms with Gasteiger partial charge in [-0.1, -0.05) is 18.2 Å². The Bertz CT molecular complexity index is 1480. The number of nitro groups is 1. The highest BCUT2D eigenvalue weighted by atomic mass is 79.9. The maximum atomic E-state index is 13.3. The van der Waals surface area contributed by atoms with E-state index < -0.39 is 32.2 Å². The topological polar surface area (TPSA) is 145 Å². The second-order valence-corrected chi connectivity index (χ2v) is 13.3. The van der Waals surface area contributed by atoms with Gasteiger partial charge in [-0.2, -0.15) is 0 Å². The Balaban J connectivity index is 1.63. The molecule has 0 spiro atoms. The summed E-state index contributed by atoms with van der Waals surface area (Å²) in [6.07, 6.45) is 4.43. The van der Waals surface area contributed by atoms with E-state index in [1.165, 1.54) is 18.3 Å². The molecule has 1 aromatic carbocycles. The number of ether oxygens (including phenoxy) is 1. The van der Waals surface area contributed by atoms with Gasteiger partial charge in [0.1, 0.15) is 17.5 Å². The van der Waals surface area contributed by atoms with E-state index in [1.807, 2.05) is 6.92 Å². The van der Waals surface area contributed by atoms with Gasteiger partial charge in [-0.3, -0.25) is 10.1 Å². The van der Waals surface area contributed by atoms with Gasteiger partial charge in [0.05, 0.1) is 15.2 Å². The molecule has 204 valence electrons. The summed E-state index contributed by atoms with van der Waals surface area (Å²) in [7, 11) is -3.99. The minimum absolute atomic E-state index is 0.0704. The predicted octanol–water partition coefficient (Wildman–Crippen LogP) is 5.58. The van der Waals surface area contributed by atoms with Crippen molar-refractivity contribution < 1.29 is 22.9 Å². The van der Waals surface area contributed by atoms with Crippen LogP contribution in [0.4, 0.5) is 16.2 Å². The number of hydrogen-bond donors (Lipinski definition) is 2. The number of halogens is 1. The Morgan fingerprint density at radius 1 is 1.24 bits per heavy atom. The van der Waals surface area contributed by atoms with Crippen molar-refractivity contribution in [3.63, 3.8) is 0 Å². The maximum Gasteiger partial charge on any atom is 0.408 e.